The van der Waals surface area contributed by atoms with E-state index in [1.54, 1.807) is 0 Å². The van der Waals surface area contributed by atoms with E-state index in [0.717, 1.165) is 6.42 Å². The van der Waals surface area contributed by atoms with Crippen LogP contribution in [-0.2, 0) is 10.0 Å². The summed E-state index contributed by atoms with van der Waals surface area (Å²) in [7, 11) is -3.41. The molecule has 1 heterocycles. The number of aromatic nitrogens is 1. The Morgan fingerprint density at radius 2 is 2.20 bits per heavy atom. The van der Waals surface area contributed by atoms with Gasteiger partial charge in [0, 0.05) is 12.7 Å². The lowest BCUT2D eigenvalue weighted by Crippen LogP contribution is -2.27. The number of amides is 1. The van der Waals surface area contributed by atoms with Crippen LogP contribution in [0.5, 0.6) is 0 Å². The predicted molar refractivity (Wildman–Crippen MR) is 76.0 cm³/mol. The molecule has 0 saturated heterocycles. The van der Waals surface area contributed by atoms with Gasteiger partial charge in [-0.15, -0.1) is 0 Å². The molecule has 0 bridgehead atoms. The maximum Gasteiger partial charge on any atom is 0.270 e. The number of nitrogens with one attached hydrogen (secondary N) is 2. The molecular weight excluding hydrogens is 282 g/mol. The molecule has 1 rings (SSSR count). The largest absolute Gasteiger partial charge is 0.395 e. The molecule has 0 saturated carbocycles. The van der Waals surface area contributed by atoms with Crippen molar-refractivity contribution in [2.24, 2.45) is 0 Å². The van der Waals surface area contributed by atoms with Gasteiger partial charge in [0.1, 0.15) is 5.69 Å². The van der Waals surface area contributed by atoms with Gasteiger partial charge in [-0.05, 0) is 18.6 Å². The molecule has 1 amide bonds. The van der Waals surface area contributed by atoms with Crippen molar-refractivity contribution in [2.45, 2.75) is 19.8 Å². The second kappa shape index (κ2) is 7.81. The fourth-order valence-electron chi connectivity index (χ4n) is 1.44. The van der Waals surface area contributed by atoms with E-state index in [0.29, 0.717) is 12.1 Å². The first-order valence-electron chi connectivity index (χ1n) is 6.34. The highest BCUT2D eigenvalue weighted by Gasteiger charge is 2.12. The lowest BCUT2D eigenvalue weighted by atomic mass is 10.3. The van der Waals surface area contributed by atoms with Gasteiger partial charge < -0.3 is 10.4 Å². The fourth-order valence-corrected chi connectivity index (χ4v) is 2.70. The number of hydrogen-bond acceptors (Lipinski definition) is 5. The summed E-state index contributed by atoms with van der Waals surface area (Å²) in [5, 5.41) is 11.1. The normalized spacial score (nSPS) is 11.1. The number of sulfonamides is 1. The molecule has 20 heavy (non-hydrogen) atoms. The van der Waals surface area contributed by atoms with Gasteiger partial charge in [-0.25, -0.2) is 8.42 Å². The highest BCUT2D eigenvalue weighted by Crippen LogP contribution is 2.11. The number of carbonyl (C=O) groups is 1. The summed E-state index contributed by atoms with van der Waals surface area (Å²) in [5.74, 6) is -0.425. The van der Waals surface area contributed by atoms with Crippen molar-refractivity contribution < 1.29 is 18.3 Å². The Labute approximate surface area is 118 Å². The van der Waals surface area contributed by atoms with Crippen molar-refractivity contribution in [2.75, 3.05) is 23.6 Å². The van der Waals surface area contributed by atoms with Crippen molar-refractivity contribution in [3.05, 3.63) is 24.0 Å². The zero-order chi connectivity index (χ0) is 15.0. The van der Waals surface area contributed by atoms with Crippen LogP contribution in [0.25, 0.3) is 0 Å². The molecule has 0 aliphatic rings. The summed E-state index contributed by atoms with van der Waals surface area (Å²) in [6.07, 6.45) is 2.71. The van der Waals surface area contributed by atoms with Crippen LogP contribution < -0.4 is 10.0 Å². The molecule has 3 N–H and O–H groups in total. The molecule has 1 aromatic heterocycles. The Morgan fingerprint density at radius 1 is 1.45 bits per heavy atom. The van der Waals surface area contributed by atoms with Crippen LogP contribution in [0, 0.1) is 0 Å². The van der Waals surface area contributed by atoms with Crippen LogP contribution in [0.1, 0.15) is 30.3 Å². The SMILES string of the molecule is CCCCS(=O)(=O)Nc1ccnc(C(=O)NCCO)c1. The molecule has 112 valence electrons. The van der Waals surface area contributed by atoms with Gasteiger partial charge >= 0.3 is 0 Å². The summed E-state index contributed by atoms with van der Waals surface area (Å²) in [5.41, 5.74) is 0.388. The minimum absolute atomic E-state index is 0.0395. The standard InChI is InChI=1S/C12H19N3O4S/c1-2-3-8-20(18,19)15-10-4-5-13-11(9-10)12(17)14-6-7-16/h4-5,9,16H,2-3,6-8H2,1H3,(H,13,15)(H,14,17). The molecule has 0 fully saturated rings. The molecule has 1 aromatic rings. The molecule has 0 spiro atoms. The van der Waals surface area contributed by atoms with Gasteiger partial charge in [0.05, 0.1) is 18.0 Å². The highest BCUT2D eigenvalue weighted by molar-refractivity contribution is 7.92. The minimum atomic E-state index is -3.41. The Kier molecular flexibility index (Phi) is 6.40. The van der Waals surface area contributed by atoms with E-state index < -0.39 is 15.9 Å². The van der Waals surface area contributed by atoms with E-state index in [-0.39, 0.29) is 24.6 Å². The van der Waals surface area contributed by atoms with Crippen molar-refractivity contribution in [1.82, 2.24) is 10.3 Å². The first-order valence-corrected chi connectivity index (χ1v) is 7.99. The summed E-state index contributed by atoms with van der Waals surface area (Å²) in [4.78, 5) is 15.5. The van der Waals surface area contributed by atoms with E-state index in [1.165, 1.54) is 18.3 Å². The molecule has 0 aliphatic carbocycles. The minimum Gasteiger partial charge on any atom is -0.395 e. The Hall–Kier alpha value is -1.67. The van der Waals surface area contributed by atoms with Crippen LogP contribution in [0.2, 0.25) is 0 Å². The lowest BCUT2D eigenvalue weighted by Gasteiger charge is -2.08. The van der Waals surface area contributed by atoms with Gasteiger partial charge in [-0.2, -0.15) is 0 Å². The van der Waals surface area contributed by atoms with E-state index in [2.05, 4.69) is 15.0 Å². The van der Waals surface area contributed by atoms with E-state index in [4.69, 9.17) is 5.11 Å². The average molecular weight is 301 g/mol. The van der Waals surface area contributed by atoms with E-state index in [1.807, 2.05) is 6.92 Å². The number of anilines is 1. The van der Waals surface area contributed by atoms with Crippen molar-refractivity contribution in [3.8, 4) is 0 Å². The molecule has 0 aliphatic heterocycles. The van der Waals surface area contributed by atoms with Crippen molar-refractivity contribution in [3.63, 3.8) is 0 Å². The van der Waals surface area contributed by atoms with Crippen LogP contribution in [0.4, 0.5) is 5.69 Å². The third-order valence-corrected chi connectivity index (χ3v) is 3.80. The zero-order valence-electron chi connectivity index (χ0n) is 11.3. The van der Waals surface area contributed by atoms with Crippen molar-refractivity contribution >= 4 is 21.6 Å². The van der Waals surface area contributed by atoms with Gasteiger partial charge in [0.25, 0.3) is 5.91 Å². The van der Waals surface area contributed by atoms with Crippen LogP contribution >= 0.6 is 0 Å². The molecule has 8 heteroatoms. The molecule has 0 unspecified atom stereocenters. The summed E-state index contributed by atoms with van der Waals surface area (Å²) >= 11 is 0. The summed E-state index contributed by atoms with van der Waals surface area (Å²) < 4.78 is 25.9. The number of carbonyl (C=O) groups excluding carboxylic acids is 1. The Bertz CT molecular complexity index is 545. The second-order valence-electron chi connectivity index (χ2n) is 4.18. The highest BCUT2D eigenvalue weighted by atomic mass is 32.2. The van der Waals surface area contributed by atoms with Crippen LogP contribution in [0.15, 0.2) is 18.3 Å². The van der Waals surface area contributed by atoms with E-state index in [9.17, 15) is 13.2 Å². The number of aliphatic hydroxyl groups is 1. The number of unbranched alkanes of at least 4 members (excludes halogenated alkanes) is 1. The topological polar surface area (TPSA) is 108 Å². The second-order valence-corrected chi connectivity index (χ2v) is 6.03. The predicted octanol–water partition coefficient (Wildman–Crippen LogP) is 0.345. The quantitative estimate of drug-likeness (QED) is 0.642. The van der Waals surface area contributed by atoms with Gasteiger partial charge in [-0.3, -0.25) is 14.5 Å². The first-order chi connectivity index (χ1) is 9.48. The number of hydrogen-bond donors (Lipinski definition) is 3. The molecule has 0 radical (unpaired) electrons. The van der Waals surface area contributed by atoms with Crippen molar-refractivity contribution in [1.29, 1.82) is 0 Å². The number of rotatable bonds is 8. The maximum atomic E-state index is 11.7. The fraction of sp³-hybridized carbons (Fsp3) is 0.500. The van der Waals surface area contributed by atoms with Gasteiger partial charge in [0.2, 0.25) is 10.0 Å². The molecule has 0 aromatic carbocycles. The summed E-state index contributed by atoms with van der Waals surface area (Å²) in [6.45, 7) is 1.85. The molecular formula is C12H19N3O4S. The smallest absolute Gasteiger partial charge is 0.270 e. The number of aliphatic hydroxyl groups excluding tert-OH is 1. The zero-order valence-corrected chi connectivity index (χ0v) is 12.1. The van der Waals surface area contributed by atoms with E-state index >= 15 is 0 Å². The Balaban J connectivity index is 2.75. The first kappa shape index (κ1) is 16.4. The Morgan fingerprint density at radius 3 is 2.85 bits per heavy atom. The third kappa shape index (κ3) is 5.54. The monoisotopic (exact) mass is 301 g/mol. The maximum absolute atomic E-state index is 11.7. The summed E-state index contributed by atoms with van der Waals surface area (Å²) in [6, 6.07) is 2.84. The van der Waals surface area contributed by atoms with Crippen LogP contribution in [0.3, 0.4) is 0 Å². The average Bonchev–Trinajstić information content (AvgIpc) is 2.42. The number of nitrogens with zero attached hydrogens (tertiary/aromatic N) is 1. The molecule has 7 nitrogen and oxygen atoms in total. The van der Waals surface area contributed by atoms with Gasteiger partial charge in [-0.1, -0.05) is 13.3 Å². The molecule has 0 atom stereocenters. The number of pyridine rings is 1. The lowest BCUT2D eigenvalue weighted by molar-refractivity contribution is 0.0940. The third-order valence-electron chi connectivity index (χ3n) is 2.43. The van der Waals surface area contributed by atoms with Crippen LogP contribution in [-0.4, -0.2) is 43.3 Å². The van der Waals surface area contributed by atoms with Gasteiger partial charge in [0.15, 0.2) is 0 Å².